The van der Waals surface area contributed by atoms with E-state index in [-0.39, 0.29) is 5.69 Å². The van der Waals surface area contributed by atoms with Gasteiger partial charge < -0.3 is 9.42 Å². The van der Waals surface area contributed by atoms with Gasteiger partial charge in [-0.25, -0.2) is 0 Å². The van der Waals surface area contributed by atoms with E-state index in [4.69, 9.17) is 4.52 Å². The Labute approximate surface area is 110 Å². The molecule has 0 atom stereocenters. The molecule has 2 rings (SSSR count). The number of nitro benzene ring substituents is 1. The molecule has 0 aliphatic carbocycles. The number of rotatable bonds is 4. The second kappa shape index (κ2) is 5.38. The number of nitrogens with zero attached hydrogens (tertiary/aromatic N) is 2. The van der Waals surface area contributed by atoms with Crippen LogP contribution in [0.1, 0.15) is 6.92 Å². The Morgan fingerprint density at radius 1 is 1.26 bits per heavy atom. The van der Waals surface area contributed by atoms with Crippen molar-refractivity contribution in [3.05, 3.63) is 58.4 Å². The summed E-state index contributed by atoms with van der Waals surface area (Å²) >= 11 is 0. The highest BCUT2D eigenvalue weighted by Gasteiger charge is 2.19. The number of hydrogen-bond acceptors (Lipinski definition) is 5. The summed E-state index contributed by atoms with van der Waals surface area (Å²) in [6, 6.07) is 6.11. The molecule has 7 heteroatoms. The molecular formula is C12H13N2O4P. The molecule has 1 heterocycles. The smallest absolute Gasteiger partial charge is 0.269 e. The third-order valence-corrected chi connectivity index (χ3v) is 4.32. The average molecular weight is 280 g/mol. The number of benzene rings is 1. The molecule has 0 spiro atoms. The van der Waals surface area contributed by atoms with Gasteiger partial charge in [0.1, 0.15) is 0 Å². The van der Waals surface area contributed by atoms with Gasteiger partial charge in [-0.2, -0.15) is 0 Å². The highest BCUT2D eigenvalue weighted by molar-refractivity contribution is 7.65. The first-order valence-corrected chi connectivity index (χ1v) is 7.46. The van der Waals surface area contributed by atoms with E-state index in [1.165, 1.54) is 23.8 Å². The van der Waals surface area contributed by atoms with Crippen molar-refractivity contribution in [3.63, 3.8) is 0 Å². The van der Waals surface area contributed by atoms with Gasteiger partial charge in [0.15, 0.2) is 0 Å². The number of nitro groups is 1. The molecule has 6 nitrogen and oxygen atoms in total. The van der Waals surface area contributed by atoms with Gasteiger partial charge in [0.25, 0.3) is 5.69 Å². The molecule has 0 aromatic heterocycles. The summed E-state index contributed by atoms with van der Waals surface area (Å²) in [7, 11) is -2.81. The molecule has 19 heavy (non-hydrogen) atoms. The van der Waals surface area contributed by atoms with Crippen LogP contribution in [0.3, 0.4) is 0 Å². The van der Waals surface area contributed by atoms with Crippen LogP contribution in [-0.2, 0) is 9.09 Å². The molecule has 0 N–H and O–H groups in total. The molecule has 0 radical (unpaired) electrons. The van der Waals surface area contributed by atoms with Crippen molar-refractivity contribution in [1.82, 2.24) is 0 Å². The summed E-state index contributed by atoms with van der Waals surface area (Å²) < 4.78 is 17.2. The van der Waals surface area contributed by atoms with E-state index in [2.05, 4.69) is 0 Å². The van der Waals surface area contributed by atoms with E-state index in [0.29, 0.717) is 6.61 Å². The molecule has 1 aliphatic heterocycles. The third-order valence-electron chi connectivity index (χ3n) is 2.56. The van der Waals surface area contributed by atoms with Crippen LogP contribution in [0, 0.1) is 10.1 Å². The SMILES string of the molecule is CCOP1(=O)C=CN(c2ccc([N+](=O)[O-])cc2)C=C1. The summed E-state index contributed by atoms with van der Waals surface area (Å²) in [4.78, 5) is 11.8. The fourth-order valence-electron chi connectivity index (χ4n) is 1.64. The average Bonchev–Trinajstić information content (AvgIpc) is 2.40. The summed E-state index contributed by atoms with van der Waals surface area (Å²) in [5.74, 6) is 3.02. The molecule has 0 bridgehead atoms. The predicted molar refractivity (Wildman–Crippen MR) is 73.1 cm³/mol. The van der Waals surface area contributed by atoms with E-state index in [1.807, 2.05) is 0 Å². The van der Waals surface area contributed by atoms with Crippen molar-refractivity contribution in [2.75, 3.05) is 11.5 Å². The van der Waals surface area contributed by atoms with Gasteiger partial charge in [0.2, 0.25) is 7.37 Å². The molecule has 0 saturated heterocycles. The molecule has 100 valence electrons. The Morgan fingerprint density at radius 2 is 1.84 bits per heavy atom. The summed E-state index contributed by atoms with van der Waals surface area (Å²) in [5.41, 5.74) is 0.787. The molecule has 0 unspecified atom stereocenters. The van der Waals surface area contributed by atoms with Gasteiger partial charge in [-0.3, -0.25) is 14.7 Å². The van der Waals surface area contributed by atoms with Crippen LogP contribution in [-0.4, -0.2) is 11.5 Å². The Bertz CT molecular complexity index is 562. The first kappa shape index (κ1) is 13.5. The fourth-order valence-corrected chi connectivity index (χ4v) is 2.97. The maximum Gasteiger partial charge on any atom is 0.269 e. The monoisotopic (exact) mass is 280 g/mol. The molecule has 1 aromatic rings. The summed E-state index contributed by atoms with van der Waals surface area (Å²) in [6.45, 7) is 2.16. The molecule has 1 aliphatic rings. The lowest BCUT2D eigenvalue weighted by Gasteiger charge is -2.21. The zero-order valence-corrected chi connectivity index (χ0v) is 11.2. The molecule has 0 saturated carbocycles. The van der Waals surface area contributed by atoms with Crippen molar-refractivity contribution in [1.29, 1.82) is 0 Å². The molecular weight excluding hydrogens is 267 g/mol. The van der Waals surface area contributed by atoms with Crippen LogP contribution in [0.4, 0.5) is 11.4 Å². The number of anilines is 1. The Kier molecular flexibility index (Phi) is 3.83. The maximum absolute atomic E-state index is 12.0. The Hall–Kier alpha value is -1.91. The van der Waals surface area contributed by atoms with Gasteiger partial charge >= 0.3 is 0 Å². The lowest BCUT2D eigenvalue weighted by Crippen LogP contribution is -2.09. The fraction of sp³-hybridized carbons (Fsp3) is 0.167. The zero-order valence-electron chi connectivity index (χ0n) is 10.3. The van der Waals surface area contributed by atoms with Crippen LogP contribution in [0.2, 0.25) is 0 Å². The van der Waals surface area contributed by atoms with E-state index < -0.39 is 12.3 Å². The van der Waals surface area contributed by atoms with Crippen molar-refractivity contribution in [2.24, 2.45) is 0 Å². The van der Waals surface area contributed by atoms with E-state index >= 15 is 0 Å². The summed E-state index contributed by atoms with van der Waals surface area (Å²) in [6.07, 6.45) is 3.27. The molecule has 0 fully saturated rings. The lowest BCUT2D eigenvalue weighted by molar-refractivity contribution is -0.384. The van der Waals surface area contributed by atoms with E-state index in [0.717, 1.165) is 5.69 Å². The number of non-ortho nitro benzene ring substituents is 1. The minimum absolute atomic E-state index is 0.0358. The topological polar surface area (TPSA) is 72.7 Å². The Morgan fingerprint density at radius 3 is 2.32 bits per heavy atom. The lowest BCUT2D eigenvalue weighted by atomic mass is 10.2. The maximum atomic E-state index is 12.0. The highest BCUT2D eigenvalue weighted by Crippen LogP contribution is 2.52. The van der Waals surface area contributed by atoms with Crippen LogP contribution < -0.4 is 4.90 Å². The Balaban J connectivity index is 2.15. The highest BCUT2D eigenvalue weighted by atomic mass is 31.2. The van der Waals surface area contributed by atoms with E-state index in [9.17, 15) is 14.7 Å². The molecule has 0 amide bonds. The first-order chi connectivity index (χ1) is 9.04. The van der Waals surface area contributed by atoms with Crippen molar-refractivity contribution >= 4 is 18.7 Å². The van der Waals surface area contributed by atoms with E-state index in [1.54, 1.807) is 36.4 Å². The second-order valence-corrected chi connectivity index (χ2v) is 5.99. The second-order valence-electron chi connectivity index (χ2n) is 3.84. The van der Waals surface area contributed by atoms with Gasteiger partial charge in [-0.1, -0.05) is 0 Å². The van der Waals surface area contributed by atoms with Crippen molar-refractivity contribution in [3.8, 4) is 0 Å². The van der Waals surface area contributed by atoms with Crippen molar-refractivity contribution in [2.45, 2.75) is 6.92 Å². The number of hydrogen-bond donors (Lipinski definition) is 0. The van der Waals surface area contributed by atoms with Gasteiger partial charge in [-0.05, 0) is 19.1 Å². The van der Waals surface area contributed by atoms with Crippen LogP contribution >= 0.6 is 7.37 Å². The van der Waals surface area contributed by atoms with Crippen molar-refractivity contribution < 1.29 is 14.0 Å². The van der Waals surface area contributed by atoms with Gasteiger partial charge in [0.05, 0.1) is 11.5 Å². The molecule has 1 aromatic carbocycles. The third kappa shape index (κ3) is 3.10. The van der Waals surface area contributed by atoms with Crippen LogP contribution in [0.5, 0.6) is 0 Å². The predicted octanol–water partition coefficient (Wildman–Crippen LogP) is 3.67. The van der Waals surface area contributed by atoms with Gasteiger partial charge in [-0.15, -0.1) is 0 Å². The summed E-state index contributed by atoms with van der Waals surface area (Å²) in [5, 5.41) is 10.6. The quantitative estimate of drug-likeness (QED) is 0.478. The minimum Gasteiger partial charge on any atom is -0.323 e. The normalized spacial score (nSPS) is 16.6. The minimum atomic E-state index is -2.81. The van der Waals surface area contributed by atoms with Crippen LogP contribution in [0.25, 0.3) is 0 Å². The first-order valence-electron chi connectivity index (χ1n) is 5.69. The standard InChI is InChI=1S/C12H13N2O4P/c1-2-18-19(17)9-7-13(8-10-19)11-3-5-12(6-4-11)14(15)16/h3-10H,2H2,1H3. The van der Waals surface area contributed by atoms with Gasteiger partial charge in [0, 0.05) is 41.9 Å². The largest absolute Gasteiger partial charge is 0.323 e. The van der Waals surface area contributed by atoms with Crippen LogP contribution in [0.15, 0.2) is 48.3 Å². The zero-order chi connectivity index (χ0) is 13.9.